The minimum Gasteiger partial charge on any atom is -0.308 e. The summed E-state index contributed by atoms with van der Waals surface area (Å²) in [4.78, 5) is 31.3. The minimum absolute atomic E-state index is 0.123. The highest BCUT2D eigenvalue weighted by atomic mass is 32.1. The zero-order valence-corrected chi connectivity index (χ0v) is 36.8. The largest absolute Gasteiger partial charge is 0.308 e. The van der Waals surface area contributed by atoms with Crippen molar-refractivity contribution in [2.75, 3.05) is 0 Å². The highest BCUT2D eigenvalue weighted by Gasteiger charge is 2.24. The molecule has 68 heavy (non-hydrogen) atoms. The van der Waals surface area contributed by atoms with Crippen molar-refractivity contribution in [2.24, 2.45) is 0 Å². The summed E-state index contributed by atoms with van der Waals surface area (Å²) in [5.41, 5.74) is 7.59. The van der Waals surface area contributed by atoms with Gasteiger partial charge in [-0.2, -0.15) is 0 Å². The first-order chi connectivity index (χ1) is 35.8. The summed E-state index contributed by atoms with van der Waals surface area (Å²) in [5, 5.41) is 3.82. The van der Waals surface area contributed by atoms with Crippen LogP contribution >= 0.6 is 11.3 Å². The second-order valence-electron chi connectivity index (χ2n) is 16.3. The van der Waals surface area contributed by atoms with Crippen molar-refractivity contribution in [3.05, 3.63) is 224 Å². The fourth-order valence-electron chi connectivity index (χ4n) is 9.12. The molecule has 0 N–H and O–H groups in total. The van der Waals surface area contributed by atoms with E-state index in [1.165, 1.54) is 0 Å². The molecule has 318 valence electrons. The van der Waals surface area contributed by atoms with Crippen LogP contribution in [0.2, 0.25) is 0 Å². The van der Waals surface area contributed by atoms with Crippen LogP contribution < -0.4 is 0 Å². The molecule has 0 aliphatic carbocycles. The van der Waals surface area contributed by atoms with Gasteiger partial charge in [-0.25, -0.2) is 29.9 Å². The molecule has 0 aliphatic heterocycles. The van der Waals surface area contributed by atoms with Crippen LogP contribution in [-0.2, 0) is 0 Å². The zero-order valence-electron chi connectivity index (χ0n) is 41.0. The molecule has 0 radical (unpaired) electrons. The first-order valence-electron chi connectivity index (χ1n) is 24.6. The van der Waals surface area contributed by atoms with Gasteiger partial charge in [0.15, 0.2) is 34.9 Å². The number of aromatic nitrogens is 7. The van der Waals surface area contributed by atoms with Crippen molar-refractivity contribution in [3.8, 4) is 85.1 Å². The lowest BCUT2D eigenvalue weighted by molar-refractivity contribution is 1.06. The summed E-state index contributed by atoms with van der Waals surface area (Å²) in [6, 6.07) is 62.2. The third-order valence-corrected chi connectivity index (χ3v) is 13.4. The van der Waals surface area contributed by atoms with Gasteiger partial charge in [0, 0.05) is 64.3 Å². The highest BCUT2D eigenvalue weighted by molar-refractivity contribution is 7.26. The molecule has 0 unspecified atom stereocenters. The van der Waals surface area contributed by atoms with E-state index in [1.807, 2.05) is 152 Å². The van der Waals surface area contributed by atoms with Gasteiger partial charge in [-0.1, -0.05) is 182 Å². The lowest BCUT2D eigenvalue weighted by Crippen LogP contribution is -2.05. The van der Waals surface area contributed by atoms with Crippen molar-refractivity contribution < 1.29 is 6.85 Å². The molecule has 8 heteroatoms. The van der Waals surface area contributed by atoms with Gasteiger partial charge in [-0.3, -0.25) is 0 Å². The van der Waals surface area contributed by atoms with Crippen LogP contribution in [0.1, 0.15) is 6.85 Å². The quantitative estimate of drug-likeness (QED) is 0.151. The van der Waals surface area contributed by atoms with E-state index in [0.717, 1.165) is 64.2 Å². The molecule has 0 amide bonds. The van der Waals surface area contributed by atoms with Gasteiger partial charge < -0.3 is 4.57 Å². The third-order valence-electron chi connectivity index (χ3n) is 12.2. The molecule has 0 saturated carbocycles. The molecule has 4 heterocycles. The summed E-state index contributed by atoms with van der Waals surface area (Å²) in [6.07, 6.45) is 0. The number of hydrogen-bond donors (Lipinski definition) is 0. The lowest BCUT2D eigenvalue weighted by atomic mass is 9.99. The summed E-state index contributed by atoms with van der Waals surface area (Å²) in [5.74, 6) is 2.86. The molecule has 13 aromatic rings. The summed E-state index contributed by atoms with van der Waals surface area (Å²) in [7, 11) is 0. The Hall–Kier alpha value is -8.98. The maximum Gasteiger partial charge on any atom is 0.166 e. The van der Waals surface area contributed by atoms with Gasteiger partial charge in [0.05, 0.1) is 23.6 Å². The third kappa shape index (κ3) is 6.82. The van der Waals surface area contributed by atoms with E-state index < -0.39 is 18.1 Å². The Kier molecular flexibility index (Phi) is 8.33. The lowest BCUT2D eigenvalue weighted by Gasteiger charge is -2.16. The molecule has 7 nitrogen and oxygen atoms in total. The fourth-order valence-corrected chi connectivity index (χ4v) is 10.3. The topological polar surface area (TPSA) is 82.3 Å². The standard InChI is InChI=1S/C60H37N7S/c1-5-19-38(20-6-1)43-29-18-33-51-53(43)46-28-13-15-32-49(46)67(51)50-36-35-42(58-62-55(39-21-7-2-8-22-39)61-56(63-58)40-23-9-3-10-24-40)37-48(50)60-65-57(41-25-11-4-12-26-41)64-59(66-60)47-31-17-30-45-44-27-14-16-34-52(44)68-54(45)47/h1-37H/i1D,5D,6D,19D,20D. The molecule has 9 aromatic carbocycles. The summed E-state index contributed by atoms with van der Waals surface area (Å²) < 4.78 is 48.1. The SMILES string of the molecule is [2H]c1c([2H])c([2H])c(-c2cccc3c2c2ccccc2n3-c2ccc(-c3nc(-c4ccccc4)nc(-c4ccccc4)n3)cc2-c2nc(-c3ccccc3)nc(-c3cccc4c3sc3ccccc34)n2)c([2H])c1[2H]. The maximum atomic E-state index is 9.07. The average molecular weight is 893 g/mol. The zero-order chi connectivity index (χ0) is 49.3. The Bertz CT molecular complexity index is 4250. The van der Waals surface area contributed by atoms with Crippen molar-refractivity contribution in [2.45, 2.75) is 0 Å². The van der Waals surface area contributed by atoms with Gasteiger partial charge in [0.25, 0.3) is 0 Å². The van der Waals surface area contributed by atoms with E-state index in [2.05, 4.69) is 47.0 Å². The van der Waals surface area contributed by atoms with Gasteiger partial charge in [0.1, 0.15) is 0 Å². The van der Waals surface area contributed by atoms with Crippen LogP contribution in [0.4, 0.5) is 0 Å². The molecular weight excluding hydrogens is 851 g/mol. The van der Waals surface area contributed by atoms with Crippen LogP contribution in [0.25, 0.3) is 127 Å². The van der Waals surface area contributed by atoms with Gasteiger partial charge >= 0.3 is 0 Å². The number of fused-ring (bicyclic) bond motifs is 6. The van der Waals surface area contributed by atoms with Crippen LogP contribution in [0.3, 0.4) is 0 Å². The number of hydrogen-bond acceptors (Lipinski definition) is 7. The Balaban J connectivity index is 1.12. The van der Waals surface area contributed by atoms with Crippen LogP contribution in [0.15, 0.2) is 224 Å². The monoisotopic (exact) mass is 892 g/mol. The predicted molar refractivity (Wildman–Crippen MR) is 278 cm³/mol. The van der Waals surface area contributed by atoms with E-state index >= 15 is 0 Å². The first kappa shape index (κ1) is 34.4. The van der Waals surface area contributed by atoms with Crippen molar-refractivity contribution in [1.82, 2.24) is 34.5 Å². The van der Waals surface area contributed by atoms with E-state index in [9.17, 15) is 0 Å². The van der Waals surface area contributed by atoms with E-state index in [4.69, 9.17) is 36.8 Å². The van der Waals surface area contributed by atoms with Crippen LogP contribution in [0, 0.1) is 0 Å². The summed E-state index contributed by atoms with van der Waals surface area (Å²) >= 11 is 1.71. The smallest absolute Gasteiger partial charge is 0.166 e. The average Bonchev–Trinajstić information content (AvgIpc) is 4.01. The first-order valence-corrected chi connectivity index (χ1v) is 22.9. The number of nitrogens with zero attached hydrogens (tertiary/aromatic N) is 7. The molecule has 0 aliphatic rings. The fraction of sp³-hybridized carbons (Fsp3) is 0. The van der Waals surface area contributed by atoms with E-state index in [0.29, 0.717) is 57.3 Å². The number of rotatable bonds is 8. The second-order valence-corrected chi connectivity index (χ2v) is 17.3. The molecule has 0 bridgehead atoms. The molecule has 13 rings (SSSR count). The Labute approximate surface area is 402 Å². The predicted octanol–water partition coefficient (Wildman–Crippen LogP) is 15.2. The molecule has 0 atom stereocenters. The number of para-hydroxylation sites is 1. The molecular formula is C60H37N7S. The molecule has 4 aromatic heterocycles. The van der Waals surface area contributed by atoms with Crippen molar-refractivity contribution in [3.63, 3.8) is 0 Å². The second kappa shape index (κ2) is 16.5. The molecule has 0 fully saturated rings. The van der Waals surface area contributed by atoms with E-state index in [1.54, 1.807) is 11.3 Å². The van der Waals surface area contributed by atoms with Gasteiger partial charge in [-0.05, 0) is 53.6 Å². The minimum atomic E-state index is -0.446. The van der Waals surface area contributed by atoms with Gasteiger partial charge in [0.2, 0.25) is 0 Å². The van der Waals surface area contributed by atoms with Crippen molar-refractivity contribution in [1.29, 1.82) is 0 Å². The highest BCUT2D eigenvalue weighted by Crippen LogP contribution is 2.43. The summed E-state index contributed by atoms with van der Waals surface area (Å²) in [6.45, 7) is 0. The Morgan fingerprint density at radius 1 is 0.353 bits per heavy atom. The normalized spacial score (nSPS) is 12.6. The Morgan fingerprint density at radius 3 is 1.53 bits per heavy atom. The molecule has 0 saturated heterocycles. The van der Waals surface area contributed by atoms with Crippen molar-refractivity contribution >= 4 is 53.3 Å². The van der Waals surface area contributed by atoms with Crippen LogP contribution in [0.5, 0.6) is 0 Å². The van der Waals surface area contributed by atoms with E-state index in [-0.39, 0.29) is 17.6 Å². The van der Waals surface area contributed by atoms with Crippen LogP contribution in [-0.4, -0.2) is 34.5 Å². The van der Waals surface area contributed by atoms with Gasteiger partial charge in [-0.15, -0.1) is 11.3 Å². The maximum absolute atomic E-state index is 9.07. The Morgan fingerprint density at radius 2 is 0.853 bits per heavy atom. The number of thiophene rings is 1. The molecule has 0 spiro atoms. The number of benzene rings is 9.